The molecule has 86 valence electrons. The molecule has 0 amide bonds. The van der Waals surface area contributed by atoms with Crippen LogP contribution in [0.3, 0.4) is 0 Å². The molecule has 2 aromatic heterocycles. The quantitative estimate of drug-likeness (QED) is 0.665. The van der Waals surface area contributed by atoms with E-state index in [0.717, 1.165) is 0 Å². The number of nitrogens with one attached hydrogen (secondary N) is 2. The lowest BCUT2D eigenvalue weighted by atomic mass is 10.2. The molecule has 2 N–H and O–H groups in total. The van der Waals surface area contributed by atoms with Crippen LogP contribution in [0.25, 0.3) is 21.9 Å². The Balaban J connectivity index is 2.80. The Kier molecular flexibility index (Phi) is 1.99. The number of furan rings is 1. The smallest absolute Gasteiger partial charge is 0.326 e. The van der Waals surface area contributed by atoms with Gasteiger partial charge in [0.25, 0.3) is 5.56 Å². The Labute approximate surface area is 100 Å². The molecule has 0 aliphatic rings. The highest BCUT2D eigenvalue weighted by molar-refractivity contribution is 9.10. The Morgan fingerprint density at radius 2 is 2.06 bits per heavy atom. The lowest BCUT2D eigenvalue weighted by molar-refractivity contribution is 0.613. The fourth-order valence-electron chi connectivity index (χ4n) is 1.77. The Morgan fingerprint density at radius 1 is 1.29 bits per heavy atom. The fourth-order valence-corrected chi connectivity index (χ4v) is 2.28. The molecule has 0 bridgehead atoms. The van der Waals surface area contributed by atoms with E-state index in [0.29, 0.717) is 5.39 Å². The minimum absolute atomic E-state index is 0.00898. The summed E-state index contributed by atoms with van der Waals surface area (Å²) in [7, 11) is 0. The highest BCUT2D eigenvalue weighted by atomic mass is 79.9. The second-order valence-electron chi connectivity index (χ2n) is 3.45. The van der Waals surface area contributed by atoms with Gasteiger partial charge in [-0.2, -0.15) is 0 Å². The van der Waals surface area contributed by atoms with Crippen LogP contribution in [0.1, 0.15) is 0 Å². The first kappa shape index (κ1) is 10.3. The Hall–Kier alpha value is -1.89. The predicted molar refractivity (Wildman–Crippen MR) is 62.6 cm³/mol. The third-order valence-corrected chi connectivity index (χ3v) is 3.26. The van der Waals surface area contributed by atoms with Crippen molar-refractivity contribution in [2.45, 2.75) is 0 Å². The molecule has 0 aliphatic heterocycles. The van der Waals surface area contributed by atoms with Crippen molar-refractivity contribution in [1.29, 1.82) is 0 Å². The predicted octanol–water partition coefficient (Wildman–Crippen LogP) is 1.86. The van der Waals surface area contributed by atoms with E-state index in [9.17, 15) is 14.0 Å². The standard InChI is InChI=1S/C10H4BrFN2O3/c11-5-3-1-2-17-8(3)4-7(6(5)12)13-10(16)14-9(4)15/h1-2H,(H2,13,14,15,16). The van der Waals surface area contributed by atoms with Gasteiger partial charge in [0.1, 0.15) is 11.0 Å². The maximum Gasteiger partial charge on any atom is 0.326 e. The zero-order valence-electron chi connectivity index (χ0n) is 8.14. The highest BCUT2D eigenvalue weighted by Crippen LogP contribution is 2.32. The summed E-state index contributed by atoms with van der Waals surface area (Å²) < 4.78 is 19.3. The average Bonchev–Trinajstić information content (AvgIpc) is 2.73. The molecular weight excluding hydrogens is 295 g/mol. The van der Waals surface area contributed by atoms with E-state index in [1.165, 1.54) is 12.3 Å². The molecule has 0 radical (unpaired) electrons. The van der Waals surface area contributed by atoms with Gasteiger partial charge in [0.15, 0.2) is 5.82 Å². The van der Waals surface area contributed by atoms with Crippen molar-refractivity contribution in [3.8, 4) is 0 Å². The molecule has 5 nitrogen and oxygen atoms in total. The van der Waals surface area contributed by atoms with E-state index >= 15 is 0 Å². The summed E-state index contributed by atoms with van der Waals surface area (Å²) in [5, 5.41) is 0.429. The van der Waals surface area contributed by atoms with E-state index in [4.69, 9.17) is 4.42 Å². The molecular formula is C10H4BrFN2O3. The monoisotopic (exact) mass is 298 g/mol. The number of hydrogen-bond donors (Lipinski definition) is 2. The van der Waals surface area contributed by atoms with Crippen LogP contribution in [0, 0.1) is 5.82 Å². The van der Waals surface area contributed by atoms with Crippen LogP contribution >= 0.6 is 15.9 Å². The summed E-state index contributed by atoms with van der Waals surface area (Å²) in [4.78, 5) is 27.1. The first-order valence-electron chi connectivity index (χ1n) is 4.60. The molecule has 0 unspecified atom stereocenters. The number of aromatic nitrogens is 2. The van der Waals surface area contributed by atoms with Gasteiger partial charge in [-0.1, -0.05) is 0 Å². The summed E-state index contributed by atoms with van der Waals surface area (Å²) in [5.74, 6) is -0.697. The minimum Gasteiger partial charge on any atom is -0.463 e. The van der Waals surface area contributed by atoms with Gasteiger partial charge in [-0.15, -0.1) is 0 Å². The van der Waals surface area contributed by atoms with E-state index in [1.807, 2.05) is 4.98 Å². The van der Waals surface area contributed by atoms with E-state index in [2.05, 4.69) is 20.9 Å². The molecule has 7 heteroatoms. The third-order valence-electron chi connectivity index (χ3n) is 2.48. The van der Waals surface area contributed by atoms with Crippen molar-refractivity contribution in [1.82, 2.24) is 9.97 Å². The highest BCUT2D eigenvalue weighted by Gasteiger charge is 2.18. The summed E-state index contributed by atoms with van der Waals surface area (Å²) in [6, 6.07) is 1.53. The molecule has 3 aromatic rings. The number of aromatic amines is 2. The van der Waals surface area contributed by atoms with E-state index < -0.39 is 17.1 Å². The summed E-state index contributed by atoms with van der Waals surface area (Å²) >= 11 is 3.06. The van der Waals surface area contributed by atoms with Crippen molar-refractivity contribution >= 4 is 37.8 Å². The maximum absolute atomic E-state index is 14.0. The van der Waals surface area contributed by atoms with Gasteiger partial charge in [-0.3, -0.25) is 9.78 Å². The lowest BCUT2D eigenvalue weighted by Gasteiger charge is -2.02. The number of halogens is 2. The number of H-pyrrole nitrogens is 2. The lowest BCUT2D eigenvalue weighted by Crippen LogP contribution is -2.22. The topological polar surface area (TPSA) is 78.9 Å². The SMILES string of the molecule is O=c1[nH]c(=O)c2c([nH]1)c(F)c(Br)c1ccoc12. The molecule has 2 heterocycles. The van der Waals surface area contributed by atoms with Crippen molar-refractivity contribution in [3.63, 3.8) is 0 Å². The average molecular weight is 299 g/mol. The fraction of sp³-hybridized carbons (Fsp3) is 0. The largest absolute Gasteiger partial charge is 0.463 e. The minimum atomic E-state index is -0.765. The molecule has 17 heavy (non-hydrogen) atoms. The summed E-state index contributed by atoms with van der Waals surface area (Å²) in [6.07, 6.45) is 1.35. The van der Waals surface area contributed by atoms with Gasteiger partial charge >= 0.3 is 5.69 Å². The number of benzene rings is 1. The molecule has 1 aromatic carbocycles. The van der Waals surface area contributed by atoms with Crippen molar-refractivity contribution in [2.24, 2.45) is 0 Å². The van der Waals surface area contributed by atoms with Crippen LogP contribution in [-0.2, 0) is 0 Å². The molecule has 0 saturated carbocycles. The first-order valence-corrected chi connectivity index (χ1v) is 5.39. The van der Waals surface area contributed by atoms with Gasteiger partial charge in [-0.05, 0) is 22.0 Å². The number of fused-ring (bicyclic) bond motifs is 3. The van der Waals surface area contributed by atoms with Gasteiger partial charge in [-0.25, -0.2) is 9.18 Å². The molecule has 0 spiro atoms. The van der Waals surface area contributed by atoms with Crippen molar-refractivity contribution in [2.75, 3.05) is 0 Å². The molecule has 3 rings (SSSR count). The van der Waals surface area contributed by atoms with Crippen LogP contribution in [0.2, 0.25) is 0 Å². The van der Waals surface area contributed by atoms with Crippen LogP contribution in [0.15, 0.2) is 30.8 Å². The molecule has 0 aliphatic carbocycles. The van der Waals surface area contributed by atoms with Crippen LogP contribution in [-0.4, -0.2) is 9.97 Å². The molecule has 0 fully saturated rings. The number of rotatable bonds is 0. The molecule has 0 atom stereocenters. The van der Waals surface area contributed by atoms with E-state index in [-0.39, 0.29) is 21.0 Å². The summed E-state index contributed by atoms with van der Waals surface area (Å²) in [6.45, 7) is 0. The summed E-state index contributed by atoms with van der Waals surface area (Å²) in [5.41, 5.74) is -1.40. The van der Waals surface area contributed by atoms with Crippen LogP contribution < -0.4 is 11.2 Å². The van der Waals surface area contributed by atoms with Crippen LogP contribution in [0.4, 0.5) is 4.39 Å². The zero-order valence-corrected chi connectivity index (χ0v) is 9.72. The zero-order chi connectivity index (χ0) is 12.2. The van der Waals surface area contributed by atoms with E-state index in [1.54, 1.807) is 0 Å². The van der Waals surface area contributed by atoms with Gasteiger partial charge in [0, 0.05) is 5.39 Å². The first-order chi connectivity index (χ1) is 8.09. The Bertz CT molecular complexity index is 861. The van der Waals surface area contributed by atoms with Gasteiger partial charge < -0.3 is 9.40 Å². The van der Waals surface area contributed by atoms with Crippen molar-refractivity contribution < 1.29 is 8.81 Å². The second kappa shape index (κ2) is 3.30. The van der Waals surface area contributed by atoms with Gasteiger partial charge in [0.2, 0.25) is 0 Å². The maximum atomic E-state index is 14.0. The molecule has 0 saturated heterocycles. The van der Waals surface area contributed by atoms with Crippen LogP contribution in [0.5, 0.6) is 0 Å². The van der Waals surface area contributed by atoms with Gasteiger partial charge in [0.05, 0.1) is 16.3 Å². The van der Waals surface area contributed by atoms with Crippen molar-refractivity contribution in [3.05, 3.63) is 43.5 Å². The second-order valence-corrected chi connectivity index (χ2v) is 4.24. The third kappa shape index (κ3) is 1.29. The number of hydrogen-bond acceptors (Lipinski definition) is 3. The normalized spacial score (nSPS) is 11.4. The Morgan fingerprint density at radius 3 is 2.82 bits per heavy atom.